The largest absolute Gasteiger partial charge is 0.416 e. The maximum Gasteiger partial charge on any atom is 0.416 e. The molecular weight excluding hydrogens is 1760 g/mol. The molecule has 131 heavy (non-hydrogen) atoms. The molecule has 32 nitrogen and oxygen atoms in total. The summed E-state index contributed by atoms with van der Waals surface area (Å²) < 4.78 is 46.4. The Morgan fingerprint density at radius 2 is 0.656 bits per heavy atom. The second-order valence-electron chi connectivity index (χ2n) is 34.8. The highest BCUT2D eigenvalue weighted by Gasteiger charge is 2.43. The van der Waals surface area contributed by atoms with Crippen LogP contribution in [0, 0.1) is 23.7 Å². The molecular formula is C92H107Cl4F3N28O4. The summed E-state index contributed by atoms with van der Waals surface area (Å²) in [5, 5.41) is 15.2. The molecule has 4 saturated heterocycles. The number of aromatic nitrogens is 16. The molecule has 8 atom stereocenters. The Kier molecular flexibility index (Phi) is 29.1. The van der Waals surface area contributed by atoms with Crippen molar-refractivity contribution in [3.8, 4) is 22.7 Å². The topological polar surface area (TPSA) is 317 Å². The Hall–Kier alpha value is -12.7. The monoisotopic (exact) mass is 1860 g/mol. The molecule has 0 spiro atoms. The average Bonchev–Trinajstić information content (AvgIpc) is 1.65. The van der Waals surface area contributed by atoms with Crippen LogP contribution in [-0.2, 0) is 6.18 Å². The third-order valence-electron chi connectivity index (χ3n) is 23.6. The number of nitrogens with one attached hydrogen (secondary N) is 4. The van der Waals surface area contributed by atoms with Gasteiger partial charge >= 0.3 is 30.3 Å². The lowest BCUT2D eigenvalue weighted by molar-refractivity contribution is -0.137. The first-order chi connectivity index (χ1) is 62.4. The molecule has 8 amide bonds. The standard InChI is InChI=1S/C25H31N7O.C23H26F3N7O.2C22H25Cl2N7O/c1-16(2)22-14-30(4)25(33)32(22)23-11-12-26-24(29-23)28-17(3)21-13-31(15-27-21)20-9-7-19(8-10-20)18-5-6-18;1-14(2)19-12-31(4)22(34)33(19)20-8-9-27-21(30-20)29-15(3)18-11-32(13-28-18)17-7-5-6-16(10-17)23(24,25)26;1-13(2)19-11-29(4)22(32)31(19)20-5-6-25-21(28-20)27-14(3)18-10-30(12-26-18)17-8-15(23)7-16(24)9-17;1-13(2)19-11-29(4)22(32)31(19)20-7-8-25-21(28-20)27-14(3)18-10-30(12-26-18)15-5-6-16(23)17(24)9-15/h7-13,15-18,22H,5-6,14H2,1-4H3,(H,26,28,29);5-11,13-15,19H,12H2,1-4H3,(H,27,29,30);2*5-10,12-14,19H,11H2,1-4H3,(H,25,27,28)/t17-,22+;15-,19+;2*14-,19+/m0000/s1. The van der Waals surface area contributed by atoms with Crippen molar-refractivity contribution in [3.63, 3.8) is 0 Å². The summed E-state index contributed by atoms with van der Waals surface area (Å²) in [6.45, 7) is 27.3. The van der Waals surface area contributed by atoms with Gasteiger partial charge in [-0.2, -0.15) is 33.1 Å². The molecule has 0 radical (unpaired) electrons. The number of hydrogen-bond acceptors (Lipinski definition) is 20. The van der Waals surface area contributed by atoms with Gasteiger partial charge in [0, 0.05) is 137 Å². The molecule has 12 heterocycles. The lowest BCUT2D eigenvalue weighted by Gasteiger charge is -2.25. The number of nitrogens with zero attached hydrogens (tertiary/aromatic N) is 24. The molecule has 688 valence electrons. The van der Waals surface area contributed by atoms with Gasteiger partial charge < -0.3 is 59.1 Å². The zero-order valence-electron chi connectivity index (χ0n) is 75.6. The highest BCUT2D eigenvalue weighted by Crippen LogP contribution is 2.41. The number of rotatable bonds is 25. The summed E-state index contributed by atoms with van der Waals surface area (Å²) in [6.07, 6.45) is 19.0. The van der Waals surface area contributed by atoms with E-state index in [0.717, 1.165) is 52.2 Å². The Bertz CT molecular complexity index is 6010. The van der Waals surface area contributed by atoms with Gasteiger partial charge in [0.05, 0.1) is 112 Å². The number of benzene rings is 4. The highest BCUT2D eigenvalue weighted by molar-refractivity contribution is 6.42. The fourth-order valence-corrected chi connectivity index (χ4v) is 16.6. The van der Waals surface area contributed by atoms with Crippen LogP contribution in [0.2, 0.25) is 20.1 Å². The van der Waals surface area contributed by atoms with Gasteiger partial charge in [0.25, 0.3) is 0 Å². The van der Waals surface area contributed by atoms with Crippen molar-refractivity contribution in [2.24, 2.45) is 23.7 Å². The van der Waals surface area contributed by atoms with Gasteiger partial charge in [-0.1, -0.05) is 120 Å². The second kappa shape index (κ2) is 40.3. The molecule has 4 N–H and O–H groups in total. The van der Waals surface area contributed by atoms with Gasteiger partial charge in [-0.15, -0.1) is 0 Å². The molecule has 8 aromatic heterocycles. The Morgan fingerprint density at radius 3 is 0.962 bits per heavy atom. The summed E-state index contributed by atoms with van der Waals surface area (Å²) in [5.41, 5.74) is 6.94. The Morgan fingerprint density at radius 1 is 0.351 bits per heavy atom. The fraction of sp³-hybridized carbons (Fsp3) is 0.391. The van der Waals surface area contributed by atoms with Crippen molar-refractivity contribution >= 4 is 118 Å². The summed E-state index contributed by atoms with van der Waals surface area (Å²) >= 11 is 24.4. The number of imidazole rings is 4. The van der Waals surface area contributed by atoms with Crippen LogP contribution in [-0.4, -0.2) is 200 Å². The minimum atomic E-state index is -4.42. The second-order valence-corrected chi connectivity index (χ2v) is 36.4. The lowest BCUT2D eigenvalue weighted by atomic mass is 10.0. The molecule has 12 aromatic rings. The number of halogens is 7. The predicted molar refractivity (Wildman–Crippen MR) is 504 cm³/mol. The third-order valence-corrected chi connectivity index (χ3v) is 24.7. The van der Waals surface area contributed by atoms with E-state index in [1.807, 2.05) is 106 Å². The molecule has 4 aromatic carbocycles. The summed E-state index contributed by atoms with van der Waals surface area (Å²) in [5.74, 6) is 5.90. The number of carbonyl (C=O) groups is 4. The zero-order valence-corrected chi connectivity index (χ0v) is 78.6. The van der Waals surface area contributed by atoms with Crippen LogP contribution in [0.5, 0.6) is 0 Å². The van der Waals surface area contributed by atoms with E-state index < -0.39 is 11.7 Å². The van der Waals surface area contributed by atoms with Gasteiger partial charge in [0.15, 0.2) is 0 Å². The van der Waals surface area contributed by atoms with Crippen LogP contribution in [0.4, 0.5) is 79.4 Å². The summed E-state index contributed by atoms with van der Waals surface area (Å²) in [6, 6.07) is 30.8. The molecule has 5 fully saturated rings. The smallest absolute Gasteiger partial charge is 0.346 e. The van der Waals surface area contributed by atoms with Gasteiger partial charge in [-0.3, -0.25) is 19.6 Å². The van der Waals surface area contributed by atoms with E-state index in [-0.39, 0.29) is 78.4 Å². The van der Waals surface area contributed by atoms with Crippen molar-refractivity contribution < 1.29 is 32.3 Å². The van der Waals surface area contributed by atoms with Crippen LogP contribution in [0.1, 0.15) is 160 Å². The first-order valence-corrected chi connectivity index (χ1v) is 44.8. The average molecular weight is 1870 g/mol. The van der Waals surface area contributed by atoms with E-state index in [1.54, 1.807) is 138 Å². The molecule has 5 aliphatic rings. The van der Waals surface area contributed by atoms with E-state index >= 15 is 0 Å². The van der Waals surface area contributed by atoms with Gasteiger partial charge in [0.2, 0.25) is 23.8 Å². The van der Waals surface area contributed by atoms with E-state index in [1.165, 1.54) is 35.4 Å². The SMILES string of the molecule is CC(C)[C@H]1CN(C)C(=O)N1c1ccnc(N[C@@H](C)c2cn(-c3cc(Cl)cc(Cl)c3)cn2)n1.CC(C)[C@H]1CN(C)C(=O)N1c1ccnc(N[C@@H](C)c2cn(-c3ccc(C4CC4)cc3)cn2)n1.CC(C)[C@H]1CN(C)C(=O)N1c1ccnc(N[C@@H](C)c2cn(-c3ccc(Cl)c(Cl)c3)cn2)n1.CC(C)[C@H]1CN(C)C(=O)N1c1ccnc(N[C@@H](C)c2cn(-c3cccc(C(F)(F)F)c3)cn2)n1. The third kappa shape index (κ3) is 22.1. The Labute approximate surface area is 779 Å². The Balaban J connectivity index is 0.000000141. The minimum Gasteiger partial charge on any atom is -0.346 e. The number of carbonyl (C=O) groups excluding carboxylic acids is 4. The predicted octanol–water partition coefficient (Wildman–Crippen LogP) is 19.4. The van der Waals surface area contributed by atoms with Crippen molar-refractivity contribution in [2.45, 2.75) is 156 Å². The molecule has 4 aliphatic heterocycles. The van der Waals surface area contributed by atoms with Gasteiger partial charge in [-0.05, 0) is 167 Å². The van der Waals surface area contributed by atoms with Crippen LogP contribution in [0.15, 0.2) is 184 Å². The molecule has 39 heteroatoms. The van der Waals surface area contributed by atoms with E-state index in [0.29, 0.717) is 122 Å². The van der Waals surface area contributed by atoms with Gasteiger partial charge in [-0.25, -0.2) is 59.0 Å². The summed E-state index contributed by atoms with van der Waals surface area (Å²) in [7, 11) is 7.21. The molecule has 0 bridgehead atoms. The number of anilines is 8. The van der Waals surface area contributed by atoms with Gasteiger partial charge in [0.1, 0.15) is 23.3 Å². The molecule has 0 unspecified atom stereocenters. The number of alkyl halides is 3. The van der Waals surface area contributed by atoms with E-state index in [2.05, 4.69) is 161 Å². The number of hydrogen-bond donors (Lipinski definition) is 4. The minimum absolute atomic E-state index is 0.000772. The van der Waals surface area contributed by atoms with Crippen LogP contribution in [0.25, 0.3) is 22.7 Å². The maximum atomic E-state index is 13.0. The highest BCUT2D eigenvalue weighted by atomic mass is 35.5. The fourth-order valence-electron chi connectivity index (χ4n) is 15.8. The molecule has 17 rings (SSSR count). The summed E-state index contributed by atoms with van der Waals surface area (Å²) in [4.78, 5) is 118. The van der Waals surface area contributed by atoms with E-state index in [9.17, 15) is 32.3 Å². The van der Waals surface area contributed by atoms with E-state index in [4.69, 9.17) is 46.4 Å². The normalized spacial score (nSPS) is 17.9. The van der Waals surface area contributed by atoms with Crippen molar-refractivity contribution in [1.29, 1.82) is 0 Å². The number of urea groups is 4. The molecule has 1 saturated carbocycles. The maximum absolute atomic E-state index is 13.0. The van der Waals surface area contributed by atoms with Crippen LogP contribution >= 0.6 is 46.4 Å². The van der Waals surface area contributed by atoms with Crippen molar-refractivity contribution in [1.82, 2.24) is 97.7 Å². The zero-order chi connectivity index (χ0) is 93.7. The van der Waals surface area contributed by atoms with Crippen molar-refractivity contribution in [3.05, 3.63) is 238 Å². The number of likely N-dealkylation sites (N-methyl/N-ethyl adjacent to an activating group) is 4. The first kappa shape index (κ1) is 94.4. The lowest BCUT2D eigenvalue weighted by Crippen LogP contribution is -2.38. The van der Waals surface area contributed by atoms with Crippen molar-refractivity contribution in [2.75, 3.05) is 95.2 Å². The quantitative estimate of drug-likeness (QED) is 0.0413. The number of amides is 8. The first-order valence-electron chi connectivity index (χ1n) is 43.3. The van der Waals surface area contributed by atoms with Crippen LogP contribution < -0.4 is 40.9 Å². The van der Waals surface area contributed by atoms with Crippen LogP contribution in [0.3, 0.4) is 0 Å². The molecule has 1 aliphatic carbocycles.